The quantitative estimate of drug-likeness (QED) is 0.609. The van der Waals surface area contributed by atoms with E-state index in [4.69, 9.17) is 27.9 Å². The fraction of sp³-hybridized carbons (Fsp3) is 0.538. The largest absolute Gasteiger partial charge is 0.495 e. The summed E-state index contributed by atoms with van der Waals surface area (Å²) in [6, 6.07) is 3.64. The first-order chi connectivity index (χ1) is 7.95. The van der Waals surface area contributed by atoms with Crippen molar-refractivity contribution in [2.24, 2.45) is 5.92 Å². The third-order valence-corrected chi connectivity index (χ3v) is 4.18. The van der Waals surface area contributed by atoms with E-state index in [2.05, 4.69) is 29.8 Å². The molecule has 1 atom stereocenters. The molecule has 0 saturated heterocycles. The predicted octanol–water partition coefficient (Wildman–Crippen LogP) is 5.87. The number of halogens is 3. The Labute approximate surface area is 122 Å². The van der Waals surface area contributed by atoms with E-state index in [9.17, 15) is 0 Å². The van der Waals surface area contributed by atoms with Gasteiger partial charge in [0.05, 0.1) is 12.1 Å². The highest BCUT2D eigenvalue weighted by molar-refractivity contribution is 9.09. The van der Waals surface area contributed by atoms with Crippen LogP contribution in [0.4, 0.5) is 0 Å². The molecule has 0 fully saturated rings. The molecule has 1 unspecified atom stereocenters. The van der Waals surface area contributed by atoms with E-state index < -0.39 is 0 Å². The lowest BCUT2D eigenvalue weighted by atomic mass is 10.0. The van der Waals surface area contributed by atoms with E-state index >= 15 is 0 Å². The Bertz CT molecular complexity index is 380. The van der Waals surface area contributed by atoms with Gasteiger partial charge in [0.25, 0.3) is 0 Å². The SMILES string of the molecule is COc1cc(Cl)c(C(Br)CCC(C)C)cc1Cl. The monoisotopic (exact) mass is 338 g/mol. The Kier molecular flexibility index (Phi) is 6.11. The summed E-state index contributed by atoms with van der Waals surface area (Å²) in [4.78, 5) is 0.237. The molecule has 0 N–H and O–H groups in total. The molecule has 0 heterocycles. The predicted molar refractivity (Wildman–Crippen MR) is 78.8 cm³/mol. The van der Waals surface area contributed by atoms with Gasteiger partial charge in [-0.25, -0.2) is 0 Å². The van der Waals surface area contributed by atoms with Crippen molar-refractivity contribution in [1.82, 2.24) is 0 Å². The van der Waals surface area contributed by atoms with Gasteiger partial charge in [0.1, 0.15) is 5.75 Å². The molecule has 0 radical (unpaired) electrons. The second-order valence-electron chi connectivity index (χ2n) is 4.45. The van der Waals surface area contributed by atoms with Crippen molar-refractivity contribution in [2.75, 3.05) is 7.11 Å². The van der Waals surface area contributed by atoms with E-state index in [1.807, 2.05) is 6.07 Å². The molecule has 0 saturated carbocycles. The summed E-state index contributed by atoms with van der Waals surface area (Å²) in [5.41, 5.74) is 1.03. The van der Waals surface area contributed by atoms with Crippen LogP contribution in [0.3, 0.4) is 0 Å². The van der Waals surface area contributed by atoms with Crippen molar-refractivity contribution in [1.29, 1.82) is 0 Å². The summed E-state index contributed by atoms with van der Waals surface area (Å²) in [6.07, 6.45) is 2.19. The zero-order chi connectivity index (χ0) is 13.0. The van der Waals surface area contributed by atoms with E-state index in [1.54, 1.807) is 13.2 Å². The van der Waals surface area contributed by atoms with Crippen LogP contribution in [0.1, 0.15) is 37.1 Å². The van der Waals surface area contributed by atoms with Crippen molar-refractivity contribution in [3.63, 3.8) is 0 Å². The lowest BCUT2D eigenvalue weighted by Gasteiger charge is -2.15. The number of rotatable bonds is 5. The van der Waals surface area contributed by atoms with Crippen LogP contribution in [-0.2, 0) is 0 Å². The number of alkyl halides is 1. The van der Waals surface area contributed by atoms with Crippen molar-refractivity contribution in [3.05, 3.63) is 27.7 Å². The molecule has 0 bridgehead atoms. The minimum absolute atomic E-state index is 0.237. The third-order valence-electron chi connectivity index (χ3n) is 2.61. The number of methoxy groups -OCH3 is 1. The van der Waals surface area contributed by atoms with Gasteiger partial charge in [0.15, 0.2) is 0 Å². The summed E-state index contributed by atoms with van der Waals surface area (Å²) >= 11 is 16.0. The molecular weight excluding hydrogens is 323 g/mol. The Morgan fingerprint density at radius 2 is 1.82 bits per heavy atom. The molecule has 96 valence electrons. The van der Waals surface area contributed by atoms with Gasteiger partial charge < -0.3 is 4.74 Å². The van der Waals surface area contributed by atoms with Crippen molar-refractivity contribution < 1.29 is 4.74 Å². The number of hydrogen-bond donors (Lipinski definition) is 0. The van der Waals surface area contributed by atoms with Gasteiger partial charge in [-0.2, -0.15) is 0 Å². The Balaban J connectivity index is 2.86. The molecule has 4 heteroatoms. The first-order valence-corrected chi connectivity index (χ1v) is 7.29. The second kappa shape index (κ2) is 6.86. The fourth-order valence-electron chi connectivity index (χ4n) is 1.58. The second-order valence-corrected chi connectivity index (χ2v) is 6.37. The van der Waals surface area contributed by atoms with Crippen LogP contribution < -0.4 is 4.74 Å². The van der Waals surface area contributed by atoms with Crippen molar-refractivity contribution in [2.45, 2.75) is 31.5 Å². The van der Waals surface area contributed by atoms with Crippen LogP contribution in [-0.4, -0.2) is 7.11 Å². The molecule has 1 aromatic rings. The Morgan fingerprint density at radius 3 is 2.35 bits per heavy atom. The van der Waals surface area contributed by atoms with E-state index in [0.29, 0.717) is 21.7 Å². The van der Waals surface area contributed by atoms with Crippen LogP contribution in [0.2, 0.25) is 10.0 Å². The van der Waals surface area contributed by atoms with Gasteiger partial charge >= 0.3 is 0 Å². The molecule has 1 nitrogen and oxygen atoms in total. The Morgan fingerprint density at radius 1 is 1.18 bits per heavy atom. The third kappa shape index (κ3) is 4.35. The van der Waals surface area contributed by atoms with Gasteiger partial charge in [-0.15, -0.1) is 0 Å². The van der Waals surface area contributed by atoms with E-state index in [-0.39, 0.29) is 4.83 Å². The van der Waals surface area contributed by atoms with Gasteiger partial charge in [0, 0.05) is 15.9 Å². The maximum atomic E-state index is 6.22. The van der Waals surface area contributed by atoms with Crippen LogP contribution in [0, 0.1) is 5.92 Å². The molecule has 0 spiro atoms. The van der Waals surface area contributed by atoms with Crippen LogP contribution in [0.15, 0.2) is 12.1 Å². The van der Waals surface area contributed by atoms with Gasteiger partial charge in [0.2, 0.25) is 0 Å². The summed E-state index contributed by atoms with van der Waals surface area (Å²) in [5.74, 6) is 1.30. The van der Waals surface area contributed by atoms with Gasteiger partial charge in [-0.05, 0) is 30.4 Å². The smallest absolute Gasteiger partial charge is 0.138 e. The average molecular weight is 340 g/mol. The van der Waals surface area contributed by atoms with Gasteiger partial charge in [-0.3, -0.25) is 0 Å². The fourth-order valence-corrected chi connectivity index (χ4v) is 2.89. The molecule has 1 aromatic carbocycles. The molecule has 1 rings (SSSR count). The molecule has 0 aromatic heterocycles. The molecule has 17 heavy (non-hydrogen) atoms. The van der Waals surface area contributed by atoms with Crippen LogP contribution in [0.5, 0.6) is 5.75 Å². The lowest BCUT2D eigenvalue weighted by Crippen LogP contribution is -1.96. The van der Waals surface area contributed by atoms with Crippen molar-refractivity contribution in [3.8, 4) is 5.75 Å². The van der Waals surface area contributed by atoms with Crippen LogP contribution >= 0.6 is 39.1 Å². The maximum Gasteiger partial charge on any atom is 0.138 e. The lowest BCUT2D eigenvalue weighted by molar-refractivity contribution is 0.415. The number of benzene rings is 1. The minimum Gasteiger partial charge on any atom is -0.495 e. The summed E-state index contributed by atoms with van der Waals surface area (Å²) in [5, 5.41) is 1.29. The van der Waals surface area contributed by atoms with Gasteiger partial charge in [-0.1, -0.05) is 53.0 Å². The summed E-state index contributed by atoms with van der Waals surface area (Å²) < 4.78 is 5.13. The highest BCUT2D eigenvalue weighted by Gasteiger charge is 2.15. The average Bonchev–Trinajstić information content (AvgIpc) is 2.28. The minimum atomic E-state index is 0.237. The topological polar surface area (TPSA) is 9.23 Å². The standard InChI is InChI=1S/C13H17BrCl2O/c1-8(2)4-5-10(14)9-6-12(16)13(17-3)7-11(9)15/h6-8,10H,4-5H2,1-3H3. The zero-order valence-corrected chi connectivity index (χ0v) is 13.4. The molecule has 0 aliphatic rings. The van der Waals surface area contributed by atoms with Crippen LogP contribution in [0.25, 0.3) is 0 Å². The summed E-state index contributed by atoms with van der Waals surface area (Å²) in [6.45, 7) is 4.42. The normalized spacial score (nSPS) is 12.9. The highest BCUT2D eigenvalue weighted by Crippen LogP contribution is 2.39. The maximum absolute atomic E-state index is 6.22. The zero-order valence-electron chi connectivity index (χ0n) is 10.3. The molecule has 0 aliphatic heterocycles. The molecular formula is C13H17BrCl2O. The first-order valence-electron chi connectivity index (χ1n) is 5.62. The number of hydrogen-bond acceptors (Lipinski definition) is 1. The molecule has 0 amide bonds. The highest BCUT2D eigenvalue weighted by atomic mass is 79.9. The summed E-state index contributed by atoms with van der Waals surface area (Å²) in [7, 11) is 1.58. The first kappa shape index (κ1) is 15.1. The Hall–Kier alpha value is 0.0800. The number of ether oxygens (including phenoxy) is 1. The van der Waals surface area contributed by atoms with E-state index in [1.165, 1.54) is 0 Å². The molecule has 0 aliphatic carbocycles. The van der Waals surface area contributed by atoms with E-state index in [0.717, 1.165) is 18.4 Å². The van der Waals surface area contributed by atoms with Crippen molar-refractivity contribution >= 4 is 39.1 Å².